The zero-order valence-corrected chi connectivity index (χ0v) is 32.9. The molecule has 3 aromatic heterocycles. The average molecular weight is 778 g/mol. The summed E-state index contributed by atoms with van der Waals surface area (Å²) in [6.07, 6.45) is 2.11. The van der Waals surface area contributed by atoms with E-state index in [1.54, 1.807) is 0 Å². The number of nitrogens with zero attached hydrogens (tertiary/aromatic N) is 5. The Bertz CT molecular complexity index is 3500. The van der Waals surface area contributed by atoms with Crippen molar-refractivity contribution in [2.24, 2.45) is 0 Å². The molecule has 284 valence electrons. The van der Waals surface area contributed by atoms with Crippen LogP contribution in [0, 0.1) is 0 Å². The van der Waals surface area contributed by atoms with E-state index in [9.17, 15) is 0 Å². The summed E-state index contributed by atoms with van der Waals surface area (Å²) in [4.78, 5) is 20.4. The second-order valence-electron chi connectivity index (χ2n) is 15.5. The Balaban J connectivity index is 0.970. The quantitative estimate of drug-likeness (QED) is 0.158. The zero-order chi connectivity index (χ0) is 40.3. The predicted octanol–water partition coefficient (Wildman–Crippen LogP) is 14.1. The van der Waals surface area contributed by atoms with Gasteiger partial charge in [0.25, 0.3) is 0 Å². The number of imidazole rings is 1. The molecule has 12 rings (SSSR count). The van der Waals surface area contributed by atoms with Gasteiger partial charge in [0.1, 0.15) is 5.65 Å². The van der Waals surface area contributed by atoms with E-state index in [-0.39, 0.29) is 0 Å². The highest BCUT2D eigenvalue weighted by Crippen LogP contribution is 2.41. The van der Waals surface area contributed by atoms with E-state index >= 15 is 0 Å². The lowest BCUT2D eigenvalue weighted by atomic mass is 9.92. The molecule has 0 saturated heterocycles. The fraction of sp³-hybridized carbons (Fsp3) is 0. The van der Waals surface area contributed by atoms with Crippen molar-refractivity contribution < 1.29 is 0 Å². The van der Waals surface area contributed by atoms with Gasteiger partial charge >= 0.3 is 0 Å². The van der Waals surface area contributed by atoms with Crippen molar-refractivity contribution in [3.8, 4) is 67.5 Å². The minimum Gasteiger partial charge on any atom is -0.299 e. The number of aromatic nitrogens is 5. The Labute approximate surface area is 351 Å². The summed E-state index contributed by atoms with van der Waals surface area (Å²) in [5, 5.41) is 7.20. The van der Waals surface area contributed by atoms with E-state index < -0.39 is 0 Å². The Kier molecular flexibility index (Phi) is 8.10. The van der Waals surface area contributed by atoms with E-state index in [1.165, 1.54) is 38.1 Å². The summed E-state index contributed by atoms with van der Waals surface area (Å²) < 4.78 is 2.22. The lowest BCUT2D eigenvalue weighted by Gasteiger charge is -2.13. The van der Waals surface area contributed by atoms with Crippen LogP contribution < -0.4 is 0 Å². The smallest absolute Gasteiger partial charge is 0.164 e. The van der Waals surface area contributed by atoms with Gasteiger partial charge in [-0.3, -0.25) is 4.40 Å². The monoisotopic (exact) mass is 777 g/mol. The zero-order valence-electron chi connectivity index (χ0n) is 32.9. The van der Waals surface area contributed by atoms with E-state index in [0.29, 0.717) is 17.5 Å². The minimum absolute atomic E-state index is 0.622. The number of hydrogen-bond acceptors (Lipinski definition) is 4. The molecule has 0 aliphatic carbocycles. The maximum absolute atomic E-state index is 5.15. The van der Waals surface area contributed by atoms with E-state index in [1.807, 2.05) is 18.2 Å². The highest BCUT2D eigenvalue weighted by Gasteiger charge is 2.18. The second kappa shape index (κ2) is 14.2. The molecular weight excluding hydrogens is 743 g/mol. The van der Waals surface area contributed by atoms with Crippen molar-refractivity contribution in [2.75, 3.05) is 0 Å². The van der Waals surface area contributed by atoms with Gasteiger partial charge in [-0.15, -0.1) is 0 Å². The molecule has 0 aliphatic heterocycles. The van der Waals surface area contributed by atoms with Gasteiger partial charge in [0.05, 0.1) is 11.0 Å². The first-order chi connectivity index (χ1) is 30.2. The van der Waals surface area contributed by atoms with Crippen molar-refractivity contribution in [1.29, 1.82) is 0 Å². The third-order valence-corrected chi connectivity index (χ3v) is 11.9. The topological polar surface area (TPSA) is 56.0 Å². The first-order valence-corrected chi connectivity index (χ1v) is 20.5. The number of pyridine rings is 1. The molecule has 0 N–H and O–H groups in total. The number of benzene rings is 9. The van der Waals surface area contributed by atoms with Crippen LogP contribution in [0.25, 0.3) is 117 Å². The van der Waals surface area contributed by atoms with E-state index in [2.05, 4.69) is 199 Å². The molecule has 0 bridgehead atoms. The van der Waals surface area contributed by atoms with Crippen LogP contribution in [-0.4, -0.2) is 24.3 Å². The molecule has 3 heterocycles. The van der Waals surface area contributed by atoms with Crippen LogP contribution in [0.4, 0.5) is 0 Å². The van der Waals surface area contributed by atoms with Gasteiger partial charge in [-0.05, 0) is 73.1 Å². The molecule has 0 aliphatic rings. The molecule has 0 spiro atoms. The molecule has 0 fully saturated rings. The molecular formula is C56H35N5. The summed E-state index contributed by atoms with van der Waals surface area (Å²) in [6.45, 7) is 0. The fourth-order valence-corrected chi connectivity index (χ4v) is 8.80. The summed E-state index contributed by atoms with van der Waals surface area (Å²) in [5.41, 5.74) is 12.7. The third-order valence-electron chi connectivity index (χ3n) is 11.9. The first-order valence-electron chi connectivity index (χ1n) is 20.5. The van der Waals surface area contributed by atoms with Crippen molar-refractivity contribution >= 4 is 49.0 Å². The van der Waals surface area contributed by atoms with Crippen molar-refractivity contribution in [2.45, 2.75) is 0 Å². The summed E-state index contributed by atoms with van der Waals surface area (Å²) in [6, 6.07) is 72.5. The fourth-order valence-electron chi connectivity index (χ4n) is 8.80. The lowest BCUT2D eigenvalue weighted by molar-refractivity contribution is 1.07. The van der Waals surface area contributed by atoms with Crippen LogP contribution in [0.5, 0.6) is 0 Å². The van der Waals surface area contributed by atoms with Gasteiger partial charge in [-0.25, -0.2) is 19.9 Å². The highest BCUT2D eigenvalue weighted by atomic mass is 15.0. The predicted molar refractivity (Wildman–Crippen MR) is 251 cm³/mol. The molecule has 0 unspecified atom stereocenters. The second-order valence-corrected chi connectivity index (χ2v) is 15.5. The molecule has 5 nitrogen and oxygen atoms in total. The maximum Gasteiger partial charge on any atom is 0.164 e. The minimum atomic E-state index is 0.622. The van der Waals surface area contributed by atoms with Gasteiger partial charge in [0.15, 0.2) is 17.5 Å². The molecule has 0 atom stereocenters. The van der Waals surface area contributed by atoms with E-state index in [0.717, 1.165) is 61.0 Å². The molecule has 5 heteroatoms. The normalized spacial score (nSPS) is 11.6. The Hall–Kier alpha value is -8.28. The Morgan fingerprint density at radius 3 is 1.34 bits per heavy atom. The molecule has 0 amide bonds. The Morgan fingerprint density at radius 2 is 0.754 bits per heavy atom. The molecule has 9 aromatic carbocycles. The molecule has 0 saturated carbocycles. The van der Waals surface area contributed by atoms with Crippen LogP contribution in [-0.2, 0) is 0 Å². The van der Waals surface area contributed by atoms with Crippen LogP contribution in [0.2, 0.25) is 0 Å². The summed E-state index contributed by atoms with van der Waals surface area (Å²) in [5.74, 6) is 1.88. The van der Waals surface area contributed by atoms with Gasteiger partial charge < -0.3 is 0 Å². The van der Waals surface area contributed by atoms with E-state index in [4.69, 9.17) is 19.9 Å². The molecule has 12 aromatic rings. The highest BCUT2D eigenvalue weighted by molar-refractivity contribution is 6.30. The van der Waals surface area contributed by atoms with Crippen LogP contribution in [0.1, 0.15) is 0 Å². The molecule has 61 heavy (non-hydrogen) atoms. The van der Waals surface area contributed by atoms with Crippen LogP contribution in [0.15, 0.2) is 212 Å². The number of fused-ring (bicyclic) bond motifs is 10. The SMILES string of the molecule is c1ccc(-c2ccc(-c3nc(-c4ccc(-c5ccccc5)cc4)nc(-c4ccc(-c5ccc6c(c5)c5c7ccccc7ccc5c5nc7ccccn7c65)cc4)n3)cc2)cc1. The van der Waals surface area contributed by atoms with Crippen LogP contribution >= 0.6 is 0 Å². The van der Waals surface area contributed by atoms with Crippen LogP contribution in [0.3, 0.4) is 0 Å². The first kappa shape index (κ1) is 34.7. The summed E-state index contributed by atoms with van der Waals surface area (Å²) >= 11 is 0. The maximum atomic E-state index is 5.15. The van der Waals surface area contributed by atoms with Gasteiger partial charge in [-0.2, -0.15) is 0 Å². The largest absolute Gasteiger partial charge is 0.299 e. The number of hydrogen-bond donors (Lipinski definition) is 0. The third kappa shape index (κ3) is 6.02. The number of rotatable bonds is 6. The van der Waals surface area contributed by atoms with Gasteiger partial charge in [-0.1, -0.05) is 188 Å². The van der Waals surface area contributed by atoms with Crippen molar-refractivity contribution in [3.63, 3.8) is 0 Å². The molecule has 0 radical (unpaired) electrons. The van der Waals surface area contributed by atoms with Crippen molar-refractivity contribution in [1.82, 2.24) is 24.3 Å². The van der Waals surface area contributed by atoms with Gasteiger partial charge in [0.2, 0.25) is 0 Å². The average Bonchev–Trinajstić information content (AvgIpc) is 3.74. The standard InChI is InChI=1S/C56H35N5/c1-3-11-36(12-4-1)38-18-24-42(25-19-38)54-58-55(43-26-20-39(21-27-43)37-13-5-2-6-14-37)60-56(59-54)44-28-22-40(23-29-44)45-31-32-47-49(35-45)51-46-16-8-7-15-41(46)30-33-48(51)52-53(47)61-34-10-9-17-50(61)57-52/h1-35H. The van der Waals surface area contributed by atoms with Gasteiger partial charge in [0, 0.05) is 33.7 Å². The lowest BCUT2D eigenvalue weighted by Crippen LogP contribution is -2.00. The summed E-state index contributed by atoms with van der Waals surface area (Å²) in [7, 11) is 0. The van der Waals surface area contributed by atoms with Crippen molar-refractivity contribution in [3.05, 3.63) is 212 Å². The Morgan fingerprint density at radius 1 is 0.295 bits per heavy atom.